The van der Waals surface area contributed by atoms with Crippen LogP contribution in [0.2, 0.25) is 0 Å². The van der Waals surface area contributed by atoms with E-state index in [0.29, 0.717) is 17.9 Å². The minimum absolute atomic E-state index is 0.415. The average Bonchev–Trinajstić information content (AvgIpc) is 2.30. The van der Waals surface area contributed by atoms with Crippen LogP contribution in [0.15, 0.2) is 12.7 Å². The van der Waals surface area contributed by atoms with Gasteiger partial charge < -0.3 is 11.1 Å². The zero-order valence-electron chi connectivity index (χ0n) is 8.76. The van der Waals surface area contributed by atoms with Gasteiger partial charge in [0, 0.05) is 12.6 Å². The second-order valence-electron chi connectivity index (χ2n) is 4.12. The Hall–Kier alpha value is -1.23. The quantitative estimate of drug-likeness (QED) is 0.766. The van der Waals surface area contributed by atoms with Gasteiger partial charge in [0.2, 0.25) is 5.95 Å². The van der Waals surface area contributed by atoms with E-state index in [4.69, 9.17) is 5.73 Å². The number of anilines is 1. The number of aromatic nitrogens is 3. The molecule has 0 radical (unpaired) electrons. The molecule has 0 aromatic carbocycles. The molecule has 1 aromatic rings. The summed E-state index contributed by atoms with van der Waals surface area (Å²) in [6.45, 7) is 0.941. The highest BCUT2D eigenvalue weighted by Gasteiger charge is 2.18. The molecule has 82 valence electrons. The topological polar surface area (TPSA) is 76.7 Å². The molecular formula is C10H17N5. The lowest BCUT2D eigenvalue weighted by Crippen LogP contribution is -2.29. The summed E-state index contributed by atoms with van der Waals surface area (Å²) in [4.78, 5) is 11.8. The molecule has 5 heteroatoms. The van der Waals surface area contributed by atoms with Gasteiger partial charge in [-0.15, -0.1) is 0 Å². The van der Waals surface area contributed by atoms with Crippen molar-refractivity contribution >= 4 is 5.95 Å². The van der Waals surface area contributed by atoms with E-state index in [2.05, 4.69) is 20.3 Å². The van der Waals surface area contributed by atoms with Crippen LogP contribution in [0.1, 0.15) is 25.7 Å². The molecular weight excluding hydrogens is 190 g/mol. The summed E-state index contributed by atoms with van der Waals surface area (Å²) < 4.78 is 0. The van der Waals surface area contributed by atoms with Crippen LogP contribution >= 0.6 is 0 Å². The second-order valence-corrected chi connectivity index (χ2v) is 4.12. The number of nitrogens with one attached hydrogen (secondary N) is 1. The molecule has 1 aromatic heterocycles. The molecule has 0 saturated heterocycles. The molecule has 1 heterocycles. The molecule has 0 aliphatic heterocycles. The van der Waals surface area contributed by atoms with E-state index in [1.165, 1.54) is 25.5 Å². The summed E-state index contributed by atoms with van der Waals surface area (Å²) in [5.74, 6) is 1.38. The molecule has 3 N–H and O–H groups in total. The van der Waals surface area contributed by atoms with Gasteiger partial charge in [0.05, 0.1) is 0 Å². The molecule has 15 heavy (non-hydrogen) atoms. The standard InChI is InChI=1S/C10H17N5/c11-9-3-1-8(2-4-9)5-13-10-14-6-12-7-15-10/h6-9H,1-5,11H2,(H,12,13,14,15)/t8-,9-. The van der Waals surface area contributed by atoms with E-state index in [-0.39, 0.29) is 0 Å². The zero-order valence-corrected chi connectivity index (χ0v) is 8.76. The van der Waals surface area contributed by atoms with Gasteiger partial charge in [-0.2, -0.15) is 0 Å². The van der Waals surface area contributed by atoms with Gasteiger partial charge in [-0.25, -0.2) is 15.0 Å². The number of rotatable bonds is 3. The van der Waals surface area contributed by atoms with Crippen molar-refractivity contribution in [2.24, 2.45) is 11.7 Å². The normalized spacial score (nSPS) is 26.2. The average molecular weight is 207 g/mol. The van der Waals surface area contributed by atoms with E-state index in [1.807, 2.05) is 0 Å². The van der Waals surface area contributed by atoms with Crippen molar-refractivity contribution in [2.45, 2.75) is 31.7 Å². The third kappa shape index (κ3) is 3.13. The molecule has 1 saturated carbocycles. The predicted molar refractivity (Wildman–Crippen MR) is 58.3 cm³/mol. The lowest BCUT2D eigenvalue weighted by atomic mass is 9.86. The van der Waals surface area contributed by atoms with Crippen LogP contribution in [0.5, 0.6) is 0 Å². The van der Waals surface area contributed by atoms with Gasteiger partial charge in [0.15, 0.2) is 0 Å². The maximum absolute atomic E-state index is 5.85. The number of hydrogen-bond donors (Lipinski definition) is 2. The van der Waals surface area contributed by atoms with Gasteiger partial charge in [-0.1, -0.05) is 0 Å². The molecule has 1 aliphatic rings. The van der Waals surface area contributed by atoms with E-state index < -0.39 is 0 Å². The molecule has 0 bridgehead atoms. The van der Waals surface area contributed by atoms with Gasteiger partial charge in [0.1, 0.15) is 12.7 Å². The first-order valence-electron chi connectivity index (χ1n) is 5.46. The first-order chi connectivity index (χ1) is 7.34. The lowest BCUT2D eigenvalue weighted by Gasteiger charge is -2.25. The third-order valence-electron chi connectivity index (χ3n) is 2.93. The Balaban J connectivity index is 1.74. The van der Waals surface area contributed by atoms with Crippen LogP contribution in [0.4, 0.5) is 5.95 Å². The fraction of sp³-hybridized carbons (Fsp3) is 0.700. The molecule has 0 unspecified atom stereocenters. The van der Waals surface area contributed by atoms with Crippen LogP contribution in [0.25, 0.3) is 0 Å². The summed E-state index contributed by atoms with van der Waals surface area (Å²) in [7, 11) is 0. The largest absolute Gasteiger partial charge is 0.354 e. The Labute approximate surface area is 89.5 Å². The first kappa shape index (κ1) is 10.3. The maximum atomic E-state index is 5.85. The Morgan fingerprint density at radius 1 is 1.20 bits per heavy atom. The summed E-state index contributed by atoms with van der Waals surface area (Å²) in [6.07, 6.45) is 7.71. The van der Waals surface area contributed by atoms with Gasteiger partial charge >= 0.3 is 0 Å². The highest BCUT2D eigenvalue weighted by atomic mass is 15.1. The van der Waals surface area contributed by atoms with Crippen molar-refractivity contribution in [3.8, 4) is 0 Å². The molecule has 0 amide bonds. The molecule has 0 atom stereocenters. The highest BCUT2D eigenvalue weighted by molar-refractivity contribution is 5.20. The van der Waals surface area contributed by atoms with Crippen molar-refractivity contribution < 1.29 is 0 Å². The Morgan fingerprint density at radius 2 is 1.87 bits per heavy atom. The summed E-state index contributed by atoms with van der Waals surface area (Å²) in [6, 6.07) is 0.415. The first-order valence-corrected chi connectivity index (χ1v) is 5.46. The van der Waals surface area contributed by atoms with Crippen LogP contribution in [0.3, 0.4) is 0 Å². The highest BCUT2D eigenvalue weighted by Crippen LogP contribution is 2.22. The van der Waals surface area contributed by atoms with E-state index >= 15 is 0 Å². The minimum atomic E-state index is 0.415. The van der Waals surface area contributed by atoms with E-state index in [1.54, 1.807) is 0 Å². The Bertz CT molecular complexity index is 281. The van der Waals surface area contributed by atoms with Crippen LogP contribution in [-0.4, -0.2) is 27.5 Å². The fourth-order valence-electron chi connectivity index (χ4n) is 1.96. The molecule has 0 spiro atoms. The number of nitrogens with zero attached hydrogens (tertiary/aromatic N) is 3. The van der Waals surface area contributed by atoms with Crippen LogP contribution in [0, 0.1) is 5.92 Å². The summed E-state index contributed by atoms with van der Waals surface area (Å²) >= 11 is 0. The molecule has 1 aliphatic carbocycles. The molecule has 1 fully saturated rings. The van der Waals surface area contributed by atoms with Gasteiger partial charge in [-0.3, -0.25) is 0 Å². The predicted octanol–water partition coefficient (Wildman–Crippen LogP) is 0.801. The maximum Gasteiger partial charge on any atom is 0.225 e. The van der Waals surface area contributed by atoms with Crippen molar-refractivity contribution in [3.05, 3.63) is 12.7 Å². The van der Waals surface area contributed by atoms with Crippen molar-refractivity contribution in [3.63, 3.8) is 0 Å². The number of nitrogens with two attached hydrogens (primary N) is 1. The van der Waals surface area contributed by atoms with Crippen molar-refractivity contribution in [2.75, 3.05) is 11.9 Å². The smallest absolute Gasteiger partial charge is 0.225 e. The fourth-order valence-corrected chi connectivity index (χ4v) is 1.96. The van der Waals surface area contributed by atoms with Gasteiger partial charge in [-0.05, 0) is 31.6 Å². The minimum Gasteiger partial charge on any atom is -0.354 e. The Morgan fingerprint density at radius 3 is 2.53 bits per heavy atom. The van der Waals surface area contributed by atoms with Crippen molar-refractivity contribution in [1.82, 2.24) is 15.0 Å². The summed E-state index contributed by atoms with van der Waals surface area (Å²) in [5.41, 5.74) is 5.85. The van der Waals surface area contributed by atoms with Crippen molar-refractivity contribution in [1.29, 1.82) is 0 Å². The van der Waals surface area contributed by atoms with Gasteiger partial charge in [0.25, 0.3) is 0 Å². The second kappa shape index (κ2) is 5.02. The SMILES string of the molecule is N[C@H]1CC[C@H](CNc2ncncn2)CC1. The summed E-state index contributed by atoms with van der Waals surface area (Å²) in [5, 5.41) is 3.23. The van der Waals surface area contributed by atoms with Crippen LogP contribution in [-0.2, 0) is 0 Å². The third-order valence-corrected chi connectivity index (χ3v) is 2.93. The van der Waals surface area contributed by atoms with E-state index in [9.17, 15) is 0 Å². The molecule has 2 rings (SSSR count). The Kier molecular flexibility index (Phi) is 3.45. The lowest BCUT2D eigenvalue weighted by molar-refractivity contribution is 0.338. The molecule has 5 nitrogen and oxygen atoms in total. The monoisotopic (exact) mass is 207 g/mol. The number of hydrogen-bond acceptors (Lipinski definition) is 5. The van der Waals surface area contributed by atoms with Crippen LogP contribution < -0.4 is 11.1 Å². The van der Waals surface area contributed by atoms with E-state index in [0.717, 1.165) is 19.4 Å². The zero-order chi connectivity index (χ0) is 10.5.